The van der Waals surface area contributed by atoms with Gasteiger partial charge in [0, 0.05) is 41.3 Å². The highest BCUT2D eigenvalue weighted by molar-refractivity contribution is 9.10. The van der Waals surface area contributed by atoms with Crippen molar-refractivity contribution in [3.63, 3.8) is 0 Å². The molecule has 1 aliphatic rings. The summed E-state index contributed by atoms with van der Waals surface area (Å²) < 4.78 is 0.769. The summed E-state index contributed by atoms with van der Waals surface area (Å²) in [5.41, 5.74) is 6.76. The summed E-state index contributed by atoms with van der Waals surface area (Å²) in [5, 5.41) is 2.89. The molecule has 2 amide bonds. The zero-order valence-electron chi connectivity index (χ0n) is 11.4. The summed E-state index contributed by atoms with van der Waals surface area (Å²) in [6.07, 6.45) is 1.52. The number of rotatable bonds is 4. The first-order valence-corrected chi connectivity index (χ1v) is 7.39. The number of hydrogen-bond acceptors (Lipinski definition) is 3. The largest absolute Gasteiger partial charge is 0.399 e. The van der Waals surface area contributed by atoms with Crippen LogP contribution in [0.1, 0.15) is 30.1 Å². The third kappa shape index (κ3) is 3.72. The Morgan fingerprint density at radius 1 is 1.50 bits per heavy atom. The van der Waals surface area contributed by atoms with E-state index in [1.54, 1.807) is 23.1 Å². The Balaban J connectivity index is 1.94. The maximum absolute atomic E-state index is 12.1. The smallest absolute Gasteiger partial charge is 0.251 e. The number of anilines is 1. The van der Waals surface area contributed by atoms with Crippen LogP contribution in [0.25, 0.3) is 0 Å². The Hall–Kier alpha value is -1.56. The minimum absolute atomic E-state index is 0.0928. The van der Waals surface area contributed by atoms with Crippen molar-refractivity contribution in [2.45, 2.75) is 25.8 Å². The fourth-order valence-electron chi connectivity index (χ4n) is 2.32. The molecule has 108 valence electrons. The summed E-state index contributed by atoms with van der Waals surface area (Å²) >= 11 is 3.31. The van der Waals surface area contributed by atoms with Crippen LogP contribution in [0.4, 0.5) is 5.69 Å². The Morgan fingerprint density at radius 2 is 2.25 bits per heavy atom. The summed E-state index contributed by atoms with van der Waals surface area (Å²) in [5.74, 6) is -0.0186. The highest BCUT2D eigenvalue weighted by Crippen LogP contribution is 2.17. The van der Waals surface area contributed by atoms with Crippen LogP contribution in [0.3, 0.4) is 0 Å². The van der Waals surface area contributed by atoms with Gasteiger partial charge in [-0.25, -0.2) is 0 Å². The summed E-state index contributed by atoms with van der Waals surface area (Å²) in [7, 11) is 0. The first-order valence-electron chi connectivity index (χ1n) is 6.60. The van der Waals surface area contributed by atoms with Gasteiger partial charge in [-0.3, -0.25) is 9.59 Å². The topological polar surface area (TPSA) is 75.4 Å². The van der Waals surface area contributed by atoms with Gasteiger partial charge in [-0.15, -0.1) is 0 Å². The van der Waals surface area contributed by atoms with Gasteiger partial charge in [0.05, 0.1) is 0 Å². The van der Waals surface area contributed by atoms with Crippen molar-refractivity contribution in [3.8, 4) is 0 Å². The maximum Gasteiger partial charge on any atom is 0.251 e. The molecule has 1 aromatic carbocycles. The van der Waals surface area contributed by atoms with Crippen LogP contribution in [-0.4, -0.2) is 35.8 Å². The van der Waals surface area contributed by atoms with Gasteiger partial charge in [-0.05, 0) is 31.5 Å². The van der Waals surface area contributed by atoms with Crippen molar-refractivity contribution < 1.29 is 9.59 Å². The molecule has 1 atom stereocenters. The minimum Gasteiger partial charge on any atom is -0.399 e. The van der Waals surface area contributed by atoms with Crippen molar-refractivity contribution in [1.82, 2.24) is 10.2 Å². The highest BCUT2D eigenvalue weighted by Gasteiger charge is 2.22. The van der Waals surface area contributed by atoms with E-state index >= 15 is 0 Å². The van der Waals surface area contributed by atoms with Crippen LogP contribution in [-0.2, 0) is 4.79 Å². The van der Waals surface area contributed by atoms with E-state index in [0.29, 0.717) is 24.2 Å². The van der Waals surface area contributed by atoms with Crippen LogP contribution in [0.15, 0.2) is 22.7 Å². The number of halogens is 1. The Morgan fingerprint density at radius 3 is 2.85 bits per heavy atom. The third-order valence-corrected chi connectivity index (χ3v) is 3.68. The van der Waals surface area contributed by atoms with Crippen molar-refractivity contribution in [3.05, 3.63) is 28.2 Å². The van der Waals surface area contributed by atoms with E-state index in [1.807, 2.05) is 6.92 Å². The Labute approximate surface area is 126 Å². The van der Waals surface area contributed by atoms with E-state index in [4.69, 9.17) is 5.73 Å². The second-order valence-corrected chi connectivity index (χ2v) is 6.01. The van der Waals surface area contributed by atoms with Crippen LogP contribution >= 0.6 is 15.9 Å². The molecule has 1 fully saturated rings. The average Bonchev–Trinajstić information content (AvgIpc) is 2.73. The lowest BCUT2D eigenvalue weighted by atomic mass is 10.2. The van der Waals surface area contributed by atoms with E-state index in [-0.39, 0.29) is 17.9 Å². The van der Waals surface area contributed by atoms with Gasteiger partial charge < -0.3 is 16.0 Å². The van der Waals surface area contributed by atoms with Gasteiger partial charge in [0.1, 0.15) is 0 Å². The average molecular weight is 340 g/mol. The third-order valence-electron chi connectivity index (χ3n) is 3.23. The standard InChI is InChI=1S/C14H18BrN3O2/c1-9(8-18-4-2-3-13(18)19)17-14(20)10-5-11(15)7-12(16)6-10/h5-7,9H,2-4,8,16H2,1H3,(H,17,20). The zero-order valence-corrected chi connectivity index (χ0v) is 12.9. The molecule has 0 bridgehead atoms. The summed E-state index contributed by atoms with van der Waals surface area (Å²) in [6, 6.07) is 5.00. The molecule has 1 aliphatic heterocycles. The molecular formula is C14H18BrN3O2. The number of benzene rings is 1. The number of carbonyl (C=O) groups excluding carboxylic acids is 2. The Bertz CT molecular complexity index is 513. The van der Waals surface area contributed by atoms with Crippen molar-refractivity contribution >= 4 is 33.4 Å². The number of nitrogens with two attached hydrogens (primary N) is 1. The van der Waals surface area contributed by atoms with Gasteiger partial charge in [0.25, 0.3) is 5.91 Å². The summed E-state index contributed by atoms with van der Waals surface area (Å²) in [4.78, 5) is 25.5. The molecule has 0 spiro atoms. The van der Waals surface area contributed by atoms with E-state index in [9.17, 15) is 9.59 Å². The van der Waals surface area contributed by atoms with Gasteiger partial charge in [-0.1, -0.05) is 15.9 Å². The molecule has 3 N–H and O–H groups in total. The predicted octanol–water partition coefficient (Wildman–Crippen LogP) is 1.77. The Kier molecular flexibility index (Phi) is 4.65. The molecular weight excluding hydrogens is 322 g/mol. The highest BCUT2D eigenvalue weighted by atomic mass is 79.9. The molecule has 6 heteroatoms. The summed E-state index contributed by atoms with van der Waals surface area (Å²) in [6.45, 7) is 3.22. The van der Waals surface area contributed by atoms with Crippen molar-refractivity contribution in [2.75, 3.05) is 18.8 Å². The van der Waals surface area contributed by atoms with Gasteiger partial charge in [0.2, 0.25) is 5.91 Å². The number of likely N-dealkylation sites (tertiary alicyclic amines) is 1. The molecule has 0 aromatic heterocycles. The fourth-order valence-corrected chi connectivity index (χ4v) is 2.83. The second-order valence-electron chi connectivity index (χ2n) is 5.09. The SMILES string of the molecule is CC(CN1CCCC1=O)NC(=O)c1cc(N)cc(Br)c1. The molecule has 20 heavy (non-hydrogen) atoms. The van der Waals surface area contributed by atoms with Crippen LogP contribution in [0, 0.1) is 0 Å². The normalized spacial score (nSPS) is 16.3. The van der Waals surface area contributed by atoms with E-state index in [2.05, 4.69) is 21.2 Å². The lowest BCUT2D eigenvalue weighted by Gasteiger charge is -2.21. The minimum atomic E-state index is -0.183. The van der Waals surface area contributed by atoms with E-state index in [1.165, 1.54) is 0 Å². The lowest BCUT2D eigenvalue weighted by Crippen LogP contribution is -2.42. The number of nitrogens with one attached hydrogen (secondary N) is 1. The number of hydrogen-bond donors (Lipinski definition) is 2. The van der Waals surface area contributed by atoms with E-state index in [0.717, 1.165) is 17.4 Å². The molecule has 0 aliphatic carbocycles. The van der Waals surface area contributed by atoms with Crippen LogP contribution in [0.2, 0.25) is 0 Å². The van der Waals surface area contributed by atoms with Crippen molar-refractivity contribution in [1.29, 1.82) is 0 Å². The monoisotopic (exact) mass is 339 g/mol. The number of carbonyl (C=O) groups is 2. The quantitative estimate of drug-likeness (QED) is 0.821. The van der Waals surface area contributed by atoms with Crippen LogP contribution in [0.5, 0.6) is 0 Å². The zero-order chi connectivity index (χ0) is 14.7. The van der Waals surface area contributed by atoms with E-state index < -0.39 is 0 Å². The number of nitrogens with zero attached hydrogens (tertiary/aromatic N) is 1. The molecule has 0 radical (unpaired) electrons. The second kappa shape index (κ2) is 6.26. The first-order chi connectivity index (χ1) is 9.45. The fraction of sp³-hybridized carbons (Fsp3) is 0.429. The molecule has 5 nitrogen and oxygen atoms in total. The molecule has 2 rings (SSSR count). The van der Waals surface area contributed by atoms with Gasteiger partial charge >= 0.3 is 0 Å². The molecule has 1 aromatic rings. The number of nitrogen functional groups attached to an aromatic ring is 1. The van der Waals surface area contributed by atoms with Gasteiger partial charge in [-0.2, -0.15) is 0 Å². The van der Waals surface area contributed by atoms with Crippen LogP contribution < -0.4 is 11.1 Å². The predicted molar refractivity (Wildman–Crippen MR) is 81.3 cm³/mol. The van der Waals surface area contributed by atoms with Crippen molar-refractivity contribution in [2.24, 2.45) is 0 Å². The lowest BCUT2D eigenvalue weighted by molar-refractivity contribution is -0.127. The first kappa shape index (κ1) is 14.8. The van der Waals surface area contributed by atoms with Gasteiger partial charge in [0.15, 0.2) is 0 Å². The molecule has 1 unspecified atom stereocenters. The molecule has 0 saturated carbocycles. The molecule has 1 heterocycles. The maximum atomic E-state index is 12.1. The molecule has 1 saturated heterocycles. The number of amides is 2.